The fourth-order valence-corrected chi connectivity index (χ4v) is 1.05. The van der Waals surface area contributed by atoms with Crippen LogP contribution in [-0.2, 0) is 0 Å². The molecule has 15 heavy (non-hydrogen) atoms. The standard InChI is InChI=1S/C9H13F2N3O/c1-5(4-15)14(2)9-7(11)3-6(10)8(12)13-9/h3,5,15H,4H2,1-2H3,(H2,12,13). The maximum Gasteiger partial charge on any atom is 0.168 e. The molecule has 0 radical (unpaired) electrons. The number of anilines is 2. The van der Waals surface area contributed by atoms with Crippen molar-refractivity contribution in [2.75, 3.05) is 24.3 Å². The first-order valence-corrected chi connectivity index (χ1v) is 4.42. The number of nitrogens with two attached hydrogens (primary N) is 1. The van der Waals surface area contributed by atoms with Crippen LogP contribution < -0.4 is 10.6 Å². The summed E-state index contributed by atoms with van der Waals surface area (Å²) in [5.74, 6) is -2.12. The van der Waals surface area contributed by atoms with Crippen molar-refractivity contribution in [3.63, 3.8) is 0 Å². The molecule has 0 aliphatic carbocycles. The highest BCUT2D eigenvalue weighted by atomic mass is 19.1. The second kappa shape index (κ2) is 4.39. The Bertz CT molecular complexity index is 359. The Hall–Kier alpha value is -1.43. The smallest absolute Gasteiger partial charge is 0.168 e. The van der Waals surface area contributed by atoms with E-state index in [0.29, 0.717) is 6.07 Å². The molecule has 0 amide bonds. The maximum absolute atomic E-state index is 13.3. The Balaban J connectivity index is 3.09. The van der Waals surface area contributed by atoms with Gasteiger partial charge in [0.25, 0.3) is 0 Å². The summed E-state index contributed by atoms with van der Waals surface area (Å²) in [6, 6.07) is 0.356. The third-order valence-electron chi connectivity index (χ3n) is 2.20. The van der Waals surface area contributed by atoms with Crippen molar-refractivity contribution in [3.05, 3.63) is 17.7 Å². The van der Waals surface area contributed by atoms with Crippen molar-refractivity contribution in [2.24, 2.45) is 0 Å². The van der Waals surface area contributed by atoms with E-state index in [1.807, 2.05) is 0 Å². The molecule has 1 atom stereocenters. The topological polar surface area (TPSA) is 62.4 Å². The summed E-state index contributed by atoms with van der Waals surface area (Å²) in [5, 5.41) is 8.88. The van der Waals surface area contributed by atoms with Crippen LogP contribution in [0.5, 0.6) is 0 Å². The van der Waals surface area contributed by atoms with Gasteiger partial charge in [0.1, 0.15) is 0 Å². The van der Waals surface area contributed by atoms with E-state index in [4.69, 9.17) is 10.8 Å². The van der Waals surface area contributed by atoms with Gasteiger partial charge in [-0.25, -0.2) is 13.8 Å². The van der Waals surface area contributed by atoms with Gasteiger partial charge in [-0.05, 0) is 6.92 Å². The molecule has 3 N–H and O–H groups in total. The van der Waals surface area contributed by atoms with Gasteiger partial charge in [-0.3, -0.25) is 0 Å². The summed E-state index contributed by atoms with van der Waals surface area (Å²) in [5.41, 5.74) is 5.23. The number of aromatic nitrogens is 1. The monoisotopic (exact) mass is 217 g/mol. The van der Waals surface area contributed by atoms with Crippen LogP contribution in [-0.4, -0.2) is 29.8 Å². The zero-order valence-corrected chi connectivity index (χ0v) is 8.54. The number of hydrogen-bond acceptors (Lipinski definition) is 4. The molecule has 0 bridgehead atoms. The molecule has 0 saturated carbocycles. The van der Waals surface area contributed by atoms with Gasteiger partial charge in [0.15, 0.2) is 23.3 Å². The molecular weight excluding hydrogens is 204 g/mol. The van der Waals surface area contributed by atoms with Crippen molar-refractivity contribution < 1.29 is 13.9 Å². The number of nitrogen functional groups attached to an aromatic ring is 1. The molecule has 0 aromatic carbocycles. The van der Waals surface area contributed by atoms with Gasteiger partial charge in [0, 0.05) is 13.1 Å². The van der Waals surface area contributed by atoms with Crippen LogP contribution in [0, 0.1) is 11.6 Å². The van der Waals surface area contributed by atoms with Gasteiger partial charge < -0.3 is 15.7 Å². The van der Waals surface area contributed by atoms with Crippen LogP contribution in [0.1, 0.15) is 6.92 Å². The number of aliphatic hydroxyl groups is 1. The summed E-state index contributed by atoms with van der Waals surface area (Å²) >= 11 is 0. The van der Waals surface area contributed by atoms with Crippen LogP contribution >= 0.6 is 0 Å². The van der Waals surface area contributed by atoms with Crippen molar-refractivity contribution in [3.8, 4) is 0 Å². The van der Waals surface area contributed by atoms with E-state index >= 15 is 0 Å². The largest absolute Gasteiger partial charge is 0.394 e. The fourth-order valence-electron chi connectivity index (χ4n) is 1.05. The van der Waals surface area contributed by atoms with E-state index in [9.17, 15) is 8.78 Å². The molecule has 1 aromatic heterocycles. The average molecular weight is 217 g/mol. The molecule has 84 valence electrons. The number of rotatable bonds is 3. The number of aliphatic hydroxyl groups excluding tert-OH is 1. The fraction of sp³-hybridized carbons (Fsp3) is 0.444. The molecule has 0 aliphatic rings. The number of pyridine rings is 1. The minimum atomic E-state index is -0.888. The second-order valence-corrected chi connectivity index (χ2v) is 3.30. The highest BCUT2D eigenvalue weighted by molar-refractivity contribution is 5.47. The summed E-state index contributed by atoms with van der Waals surface area (Å²) in [7, 11) is 1.55. The highest BCUT2D eigenvalue weighted by Crippen LogP contribution is 2.20. The number of likely N-dealkylation sites (N-methyl/N-ethyl adjacent to an activating group) is 1. The number of nitrogens with zero attached hydrogens (tertiary/aromatic N) is 2. The molecule has 1 heterocycles. The van der Waals surface area contributed by atoms with Gasteiger partial charge in [-0.1, -0.05) is 0 Å². The van der Waals surface area contributed by atoms with Gasteiger partial charge in [0.2, 0.25) is 0 Å². The molecule has 1 rings (SSSR count). The summed E-state index contributed by atoms with van der Waals surface area (Å²) in [6.45, 7) is 1.52. The van der Waals surface area contributed by atoms with Crippen LogP contribution in [0.2, 0.25) is 0 Å². The molecule has 0 aliphatic heterocycles. The van der Waals surface area contributed by atoms with Crippen LogP contribution in [0.4, 0.5) is 20.4 Å². The zero-order chi connectivity index (χ0) is 11.6. The van der Waals surface area contributed by atoms with Crippen molar-refractivity contribution in [1.29, 1.82) is 0 Å². The lowest BCUT2D eigenvalue weighted by atomic mass is 10.3. The third-order valence-corrected chi connectivity index (χ3v) is 2.20. The molecule has 0 spiro atoms. The zero-order valence-electron chi connectivity index (χ0n) is 8.54. The normalized spacial score (nSPS) is 12.6. The molecule has 0 fully saturated rings. The summed E-state index contributed by atoms with van der Waals surface area (Å²) < 4.78 is 26.1. The second-order valence-electron chi connectivity index (χ2n) is 3.30. The summed E-state index contributed by atoms with van der Waals surface area (Å²) in [6.07, 6.45) is 0. The van der Waals surface area contributed by atoms with E-state index < -0.39 is 11.6 Å². The first-order valence-electron chi connectivity index (χ1n) is 4.42. The highest BCUT2D eigenvalue weighted by Gasteiger charge is 2.17. The Morgan fingerprint density at radius 1 is 1.53 bits per heavy atom. The lowest BCUT2D eigenvalue weighted by molar-refractivity contribution is 0.269. The quantitative estimate of drug-likeness (QED) is 0.784. The average Bonchev–Trinajstić information content (AvgIpc) is 2.21. The van der Waals surface area contributed by atoms with Crippen molar-refractivity contribution in [1.82, 2.24) is 4.98 Å². The first-order chi connectivity index (χ1) is 6.97. The summed E-state index contributed by atoms with van der Waals surface area (Å²) in [4.78, 5) is 4.98. The molecule has 1 unspecified atom stereocenters. The molecule has 4 nitrogen and oxygen atoms in total. The predicted molar refractivity (Wildman–Crippen MR) is 53.5 cm³/mol. The van der Waals surface area contributed by atoms with Crippen LogP contribution in [0.25, 0.3) is 0 Å². The van der Waals surface area contributed by atoms with E-state index in [1.165, 1.54) is 4.90 Å². The molecule has 1 aromatic rings. The van der Waals surface area contributed by atoms with Crippen molar-refractivity contribution in [2.45, 2.75) is 13.0 Å². The van der Waals surface area contributed by atoms with E-state index in [1.54, 1.807) is 14.0 Å². The van der Waals surface area contributed by atoms with Gasteiger partial charge >= 0.3 is 0 Å². The minimum Gasteiger partial charge on any atom is -0.394 e. The van der Waals surface area contributed by atoms with Gasteiger partial charge in [0.05, 0.1) is 12.6 Å². The van der Waals surface area contributed by atoms with E-state index in [0.717, 1.165) is 0 Å². The Morgan fingerprint density at radius 3 is 2.67 bits per heavy atom. The van der Waals surface area contributed by atoms with Crippen molar-refractivity contribution >= 4 is 11.6 Å². The Labute approximate surface area is 86.3 Å². The predicted octanol–water partition coefficient (Wildman–Crippen LogP) is 0.759. The van der Waals surface area contributed by atoms with E-state index in [2.05, 4.69) is 4.98 Å². The molecule has 6 heteroatoms. The third kappa shape index (κ3) is 2.33. The number of halogens is 2. The molecule has 0 saturated heterocycles. The molecular formula is C9H13F2N3O. The number of hydrogen-bond donors (Lipinski definition) is 2. The lowest BCUT2D eigenvalue weighted by Crippen LogP contribution is -2.33. The van der Waals surface area contributed by atoms with Crippen LogP contribution in [0.15, 0.2) is 6.07 Å². The van der Waals surface area contributed by atoms with Gasteiger partial charge in [-0.15, -0.1) is 0 Å². The van der Waals surface area contributed by atoms with Gasteiger partial charge in [-0.2, -0.15) is 0 Å². The van der Waals surface area contributed by atoms with Crippen LogP contribution in [0.3, 0.4) is 0 Å². The SMILES string of the molecule is CC(CO)N(C)c1nc(N)c(F)cc1F. The lowest BCUT2D eigenvalue weighted by Gasteiger charge is -2.24. The van der Waals surface area contributed by atoms with E-state index in [-0.39, 0.29) is 24.3 Å². The first kappa shape index (κ1) is 11.6. The minimum absolute atomic E-state index is 0.0737. The Morgan fingerprint density at radius 2 is 2.13 bits per heavy atom. The Kier molecular flexibility index (Phi) is 3.41. The maximum atomic E-state index is 13.3.